The third-order valence-electron chi connectivity index (χ3n) is 4.27. The van der Waals surface area contributed by atoms with Crippen LogP contribution in [0.2, 0.25) is 0 Å². The van der Waals surface area contributed by atoms with Crippen LogP contribution in [-0.4, -0.2) is 63.9 Å². The number of ether oxygens (including phenoxy) is 2. The fraction of sp³-hybridized carbons (Fsp3) is 0.611. The van der Waals surface area contributed by atoms with Gasteiger partial charge >= 0.3 is 0 Å². The van der Waals surface area contributed by atoms with Crippen molar-refractivity contribution in [1.29, 1.82) is 0 Å². The number of carbonyl (C=O) groups is 1. The van der Waals surface area contributed by atoms with E-state index in [1.165, 1.54) is 30.7 Å². The highest BCUT2D eigenvalue weighted by Crippen LogP contribution is 2.31. The zero-order valence-electron chi connectivity index (χ0n) is 16.1. The van der Waals surface area contributed by atoms with E-state index < -0.39 is 10.0 Å². The van der Waals surface area contributed by atoms with Crippen LogP contribution >= 0.6 is 0 Å². The van der Waals surface area contributed by atoms with Gasteiger partial charge in [0.1, 0.15) is 0 Å². The number of amides is 1. The molecule has 146 valence electrons. The highest BCUT2D eigenvalue weighted by Gasteiger charge is 2.31. The summed E-state index contributed by atoms with van der Waals surface area (Å²) in [6.07, 6.45) is 0.454. The molecule has 0 atom stereocenters. The summed E-state index contributed by atoms with van der Waals surface area (Å²) in [5.74, 6) is 0.914. The van der Waals surface area contributed by atoms with Gasteiger partial charge in [0.2, 0.25) is 15.9 Å². The van der Waals surface area contributed by atoms with Crippen molar-refractivity contribution in [1.82, 2.24) is 9.21 Å². The van der Waals surface area contributed by atoms with E-state index in [9.17, 15) is 13.2 Å². The number of rotatable bonds is 5. The normalized spacial score (nSPS) is 16.4. The van der Waals surface area contributed by atoms with Crippen LogP contribution in [-0.2, 0) is 14.8 Å². The van der Waals surface area contributed by atoms with E-state index in [0.717, 1.165) is 0 Å². The molecule has 0 radical (unpaired) electrons. The average molecular weight is 384 g/mol. The summed E-state index contributed by atoms with van der Waals surface area (Å²) >= 11 is 0. The Balaban J connectivity index is 2.09. The van der Waals surface area contributed by atoms with E-state index in [1.807, 2.05) is 20.8 Å². The molecular formula is C18H28N2O5S. The van der Waals surface area contributed by atoms with Gasteiger partial charge in [-0.15, -0.1) is 0 Å². The van der Waals surface area contributed by atoms with E-state index in [-0.39, 0.29) is 29.3 Å². The summed E-state index contributed by atoms with van der Waals surface area (Å²) in [6.45, 7) is 7.43. The van der Waals surface area contributed by atoms with Crippen LogP contribution in [0.4, 0.5) is 0 Å². The monoisotopic (exact) mass is 384 g/mol. The molecule has 1 aromatic rings. The molecule has 1 aromatic carbocycles. The predicted octanol–water partition coefficient (Wildman–Crippen LogP) is 1.97. The lowest BCUT2D eigenvalue weighted by molar-refractivity contribution is -0.134. The van der Waals surface area contributed by atoms with Crippen LogP contribution in [0.5, 0.6) is 11.5 Å². The minimum atomic E-state index is -3.64. The van der Waals surface area contributed by atoms with E-state index in [2.05, 4.69) is 0 Å². The van der Waals surface area contributed by atoms with Crippen LogP contribution < -0.4 is 9.47 Å². The molecule has 2 rings (SSSR count). The van der Waals surface area contributed by atoms with Gasteiger partial charge in [-0.2, -0.15) is 4.31 Å². The Hall–Kier alpha value is -1.80. The highest BCUT2D eigenvalue weighted by molar-refractivity contribution is 7.89. The van der Waals surface area contributed by atoms with Gasteiger partial charge in [0.25, 0.3) is 0 Å². The molecule has 0 spiro atoms. The number of carbonyl (C=O) groups excluding carboxylic acids is 1. The van der Waals surface area contributed by atoms with Crippen molar-refractivity contribution < 1.29 is 22.7 Å². The minimum absolute atomic E-state index is 0.0701. The quantitative estimate of drug-likeness (QED) is 0.776. The molecule has 1 aliphatic rings. The fourth-order valence-corrected chi connectivity index (χ4v) is 4.31. The van der Waals surface area contributed by atoms with Gasteiger partial charge in [0.05, 0.1) is 19.1 Å². The molecule has 0 saturated carbocycles. The molecule has 0 aliphatic carbocycles. The van der Waals surface area contributed by atoms with Crippen molar-refractivity contribution in [3.63, 3.8) is 0 Å². The lowest BCUT2D eigenvalue weighted by atomic mass is 9.91. The van der Waals surface area contributed by atoms with Crippen LogP contribution in [0.1, 0.15) is 27.2 Å². The van der Waals surface area contributed by atoms with E-state index in [0.29, 0.717) is 31.0 Å². The first-order valence-corrected chi connectivity index (χ1v) is 10.0. The van der Waals surface area contributed by atoms with Crippen molar-refractivity contribution in [3.8, 4) is 11.5 Å². The summed E-state index contributed by atoms with van der Waals surface area (Å²) in [5, 5.41) is 0. The molecule has 0 aromatic heterocycles. The lowest BCUT2D eigenvalue weighted by Gasteiger charge is -2.35. The summed E-state index contributed by atoms with van der Waals surface area (Å²) in [5.41, 5.74) is -0.0834. The van der Waals surface area contributed by atoms with Crippen molar-refractivity contribution in [3.05, 3.63) is 18.2 Å². The molecule has 0 unspecified atom stereocenters. The second-order valence-electron chi connectivity index (χ2n) is 7.54. The Labute approximate surface area is 155 Å². The zero-order valence-corrected chi connectivity index (χ0v) is 16.9. The van der Waals surface area contributed by atoms with Crippen LogP contribution in [0.25, 0.3) is 0 Å². The zero-order chi connectivity index (χ0) is 19.5. The first-order chi connectivity index (χ1) is 12.1. The second-order valence-corrected chi connectivity index (χ2v) is 9.48. The Morgan fingerprint density at radius 3 is 2.12 bits per heavy atom. The standard InChI is InChI=1S/C18H28N2O5S/c1-18(2,3)13-17(21)19-8-10-20(11-9-19)26(22,23)14-6-7-15(24-4)16(12-14)25-5/h6-7,12H,8-11,13H2,1-5H3. The van der Waals surface area contributed by atoms with E-state index >= 15 is 0 Å². The van der Waals surface area contributed by atoms with Gasteiger partial charge in [-0.25, -0.2) is 8.42 Å². The van der Waals surface area contributed by atoms with Gasteiger partial charge in [0, 0.05) is 38.7 Å². The number of piperazine rings is 1. The van der Waals surface area contributed by atoms with E-state index in [1.54, 1.807) is 11.0 Å². The summed E-state index contributed by atoms with van der Waals surface area (Å²) in [4.78, 5) is 14.2. The Morgan fingerprint density at radius 1 is 1.04 bits per heavy atom. The lowest BCUT2D eigenvalue weighted by Crippen LogP contribution is -2.51. The van der Waals surface area contributed by atoms with Crippen LogP contribution in [0, 0.1) is 5.41 Å². The van der Waals surface area contributed by atoms with Crippen molar-refractivity contribution in [2.24, 2.45) is 5.41 Å². The SMILES string of the molecule is COc1ccc(S(=O)(=O)N2CCN(C(=O)CC(C)(C)C)CC2)cc1OC. The first-order valence-electron chi connectivity index (χ1n) is 8.58. The second kappa shape index (κ2) is 7.84. The number of hydrogen-bond acceptors (Lipinski definition) is 5. The molecule has 26 heavy (non-hydrogen) atoms. The van der Waals surface area contributed by atoms with Gasteiger partial charge in [-0.05, 0) is 17.5 Å². The molecule has 1 fully saturated rings. The number of methoxy groups -OCH3 is 2. The third-order valence-corrected chi connectivity index (χ3v) is 6.16. The molecule has 1 saturated heterocycles. The molecule has 1 heterocycles. The molecule has 8 heteroatoms. The average Bonchev–Trinajstić information content (AvgIpc) is 2.59. The van der Waals surface area contributed by atoms with Crippen molar-refractivity contribution in [2.75, 3.05) is 40.4 Å². The molecule has 0 bridgehead atoms. The summed E-state index contributed by atoms with van der Waals surface area (Å²) in [6, 6.07) is 4.55. The Kier molecular flexibility index (Phi) is 6.18. The number of nitrogens with zero attached hydrogens (tertiary/aromatic N) is 2. The molecule has 1 amide bonds. The van der Waals surface area contributed by atoms with Crippen LogP contribution in [0.15, 0.2) is 23.1 Å². The first kappa shape index (κ1) is 20.5. The van der Waals surface area contributed by atoms with E-state index in [4.69, 9.17) is 9.47 Å². The van der Waals surface area contributed by atoms with Gasteiger partial charge in [-0.1, -0.05) is 20.8 Å². The Bertz CT molecular complexity index is 747. The molecular weight excluding hydrogens is 356 g/mol. The topological polar surface area (TPSA) is 76.2 Å². The number of hydrogen-bond donors (Lipinski definition) is 0. The smallest absolute Gasteiger partial charge is 0.243 e. The third kappa shape index (κ3) is 4.67. The van der Waals surface area contributed by atoms with Gasteiger partial charge < -0.3 is 14.4 Å². The van der Waals surface area contributed by atoms with Gasteiger partial charge in [0.15, 0.2) is 11.5 Å². The maximum Gasteiger partial charge on any atom is 0.243 e. The molecule has 7 nitrogen and oxygen atoms in total. The summed E-state index contributed by atoms with van der Waals surface area (Å²) < 4.78 is 37.5. The summed E-state index contributed by atoms with van der Waals surface area (Å²) in [7, 11) is -0.678. The van der Waals surface area contributed by atoms with Crippen LogP contribution in [0.3, 0.4) is 0 Å². The maximum absolute atomic E-state index is 12.9. The van der Waals surface area contributed by atoms with Crippen molar-refractivity contribution >= 4 is 15.9 Å². The fourth-order valence-electron chi connectivity index (χ4n) is 2.87. The number of benzene rings is 1. The molecule has 1 aliphatic heterocycles. The van der Waals surface area contributed by atoms with Crippen molar-refractivity contribution in [2.45, 2.75) is 32.1 Å². The Morgan fingerprint density at radius 2 is 1.62 bits per heavy atom. The number of sulfonamides is 1. The predicted molar refractivity (Wildman–Crippen MR) is 99.0 cm³/mol. The maximum atomic E-state index is 12.9. The molecule has 0 N–H and O–H groups in total. The largest absolute Gasteiger partial charge is 0.493 e. The van der Waals surface area contributed by atoms with Gasteiger partial charge in [-0.3, -0.25) is 4.79 Å². The minimum Gasteiger partial charge on any atom is -0.493 e. The highest BCUT2D eigenvalue weighted by atomic mass is 32.2.